The molecule has 1 aliphatic heterocycles. The molecule has 36 heavy (non-hydrogen) atoms. The van der Waals surface area contributed by atoms with Crippen molar-refractivity contribution in [3.63, 3.8) is 0 Å². The predicted octanol–water partition coefficient (Wildman–Crippen LogP) is 6.10. The number of rotatable bonds is 6. The van der Waals surface area contributed by atoms with Crippen LogP contribution in [0.3, 0.4) is 0 Å². The summed E-state index contributed by atoms with van der Waals surface area (Å²) in [6, 6.07) is 18.2. The fourth-order valence-corrected chi connectivity index (χ4v) is 5.57. The highest BCUT2D eigenvalue weighted by Gasteiger charge is 2.46. The molecule has 2 amide bonds. The van der Waals surface area contributed by atoms with E-state index in [4.69, 9.17) is 11.6 Å². The first-order valence-electron chi connectivity index (χ1n) is 11.8. The molecule has 1 N–H and O–H groups in total. The third kappa shape index (κ3) is 4.62. The van der Waals surface area contributed by atoms with Gasteiger partial charge in [0.1, 0.15) is 6.04 Å². The van der Waals surface area contributed by atoms with E-state index in [1.165, 1.54) is 4.90 Å². The van der Waals surface area contributed by atoms with Gasteiger partial charge in [0.2, 0.25) is 0 Å². The maximum Gasteiger partial charge on any atom is 0.331 e. The molecule has 2 unspecified atom stereocenters. The molecule has 0 spiro atoms. The number of fused-ring (bicyclic) bond motifs is 1. The Bertz CT molecular complexity index is 1310. The molecule has 3 aromatic rings. The summed E-state index contributed by atoms with van der Waals surface area (Å²) in [7, 11) is 0. The fraction of sp³-hybridized carbons (Fsp3) is 0.250. The van der Waals surface area contributed by atoms with Crippen LogP contribution in [0.1, 0.15) is 52.8 Å². The molecule has 2 aliphatic rings. The molecule has 0 saturated heterocycles. The lowest BCUT2D eigenvalue weighted by Crippen LogP contribution is -2.47. The molecule has 1 saturated carbocycles. The van der Waals surface area contributed by atoms with Crippen LogP contribution in [0.5, 0.6) is 0 Å². The number of amides is 2. The molecule has 0 bridgehead atoms. The van der Waals surface area contributed by atoms with E-state index < -0.39 is 24.0 Å². The van der Waals surface area contributed by atoms with Crippen LogP contribution in [-0.2, 0) is 9.59 Å². The van der Waals surface area contributed by atoms with Crippen LogP contribution < -0.4 is 4.90 Å². The monoisotopic (exact) mass is 614 g/mol. The highest BCUT2D eigenvalue weighted by molar-refractivity contribution is 14.1. The number of anilines is 1. The Hall–Kier alpha value is -2.91. The van der Waals surface area contributed by atoms with E-state index in [1.54, 1.807) is 71.6 Å². The zero-order valence-electron chi connectivity index (χ0n) is 19.3. The summed E-state index contributed by atoms with van der Waals surface area (Å²) in [4.78, 5) is 44.3. The fourth-order valence-electron chi connectivity index (χ4n) is 4.95. The van der Waals surface area contributed by atoms with Gasteiger partial charge in [-0.25, -0.2) is 4.79 Å². The second-order valence-corrected chi connectivity index (χ2v) is 10.9. The van der Waals surface area contributed by atoms with Gasteiger partial charge in [-0.2, -0.15) is 0 Å². The number of aliphatic carboxylic acids is 1. The van der Waals surface area contributed by atoms with Crippen molar-refractivity contribution in [3.05, 3.63) is 98.1 Å². The second-order valence-electron chi connectivity index (χ2n) is 9.23. The minimum Gasteiger partial charge on any atom is -0.479 e. The molecule has 1 aliphatic carbocycles. The third-order valence-electron chi connectivity index (χ3n) is 6.97. The van der Waals surface area contributed by atoms with Crippen molar-refractivity contribution in [3.8, 4) is 0 Å². The van der Waals surface area contributed by atoms with Gasteiger partial charge in [-0.3, -0.25) is 9.59 Å². The molecule has 1 fully saturated rings. The maximum atomic E-state index is 14.4. The van der Waals surface area contributed by atoms with Gasteiger partial charge in [-0.05, 0) is 82.8 Å². The van der Waals surface area contributed by atoms with Crippen LogP contribution in [0.4, 0.5) is 5.69 Å². The number of hydrogen-bond acceptors (Lipinski definition) is 3. The number of carbonyl (C=O) groups excluding carboxylic acids is 2. The van der Waals surface area contributed by atoms with Crippen molar-refractivity contribution in [1.29, 1.82) is 0 Å². The van der Waals surface area contributed by atoms with Crippen molar-refractivity contribution >= 4 is 57.7 Å². The standard InChI is InChI=1S/C28H24ClIN2O4/c29-20-11-9-19(10-12-20)24-27(34)31(16-17-5-4-6-17)23-14-13-21(30)15-22(23)26(33)32(24)25(28(35)36)18-7-2-1-3-8-18/h1-3,7-15,17,24-25H,4-6,16H2,(H,35,36). The Morgan fingerprint density at radius 1 is 1.03 bits per heavy atom. The number of nitrogens with zero attached hydrogens (tertiary/aromatic N) is 2. The first kappa shape index (κ1) is 24.8. The van der Waals surface area contributed by atoms with E-state index in [0.717, 1.165) is 22.8 Å². The summed E-state index contributed by atoms with van der Waals surface area (Å²) in [5.41, 5.74) is 1.79. The van der Waals surface area contributed by atoms with E-state index in [9.17, 15) is 19.5 Å². The van der Waals surface area contributed by atoms with E-state index in [1.807, 2.05) is 6.07 Å². The van der Waals surface area contributed by atoms with E-state index in [0.29, 0.717) is 39.9 Å². The lowest BCUT2D eigenvalue weighted by atomic mass is 9.84. The maximum absolute atomic E-state index is 14.4. The second kappa shape index (κ2) is 10.2. The van der Waals surface area contributed by atoms with Crippen molar-refractivity contribution in [2.24, 2.45) is 5.92 Å². The molecule has 0 aromatic heterocycles. The van der Waals surface area contributed by atoms with Crippen LogP contribution >= 0.6 is 34.2 Å². The molecule has 0 radical (unpaired) electrons. The van der Waals surface area contributed by atoms with Gasteiger partial charge in [0.25, 0.3) is 11.8 Å². The van der Waals surface area contributed by atoms with E-state index in [2.05, 4.69) is 22.6 Å². The average molecular weight is 615 g/mol. The average Bonchev–Trinajstić information content (AvgIpc) is 2.91. The normalized spacial score (nSPS) is 18.9. The van der Waals surface area contributed by atoms with Gasteiger partial charge in [-0.1, -0.05) is 60.5 Å². The number of carboxylic acid groups (broad SMARTS) is 1. The molecule has 184 valence electrons. The summed E-state index contributed by atoms with van der Waals surface area (Å²) >= 11 is 8.27. The van der Waals surface area contributed by atoms with Gasteiger partial charge in [0.05, 0.1) is 11.3 Å². The minimum absolute atomic E-state index is 0.320. The largest absolute Gasteiger partial charge is 0.479 e. The Morgan fingerprint density at radius 3 is 2.33 bits per heavy atom. The third-order valence-corrected chi connectivity index (χ3v) is 7.89. The molecule has 2 atom stereocenters. The van der Waals surface area contributed by atoms with Crippen molar-refractivity contribution in [1.82, 2.24) is 4.90 Å². The zero-order valence-corrected chi connectivity index (χ0v) is 22.2. The predicted molar refractivity (Wildman–Crippen MR) is 146 cm³/mol. The van der Waals surface area contributed by atoms with Gasteiger partial charge in [0.15, 0.2) is 6.04 Å². The first-order chi connectivity index (χ1) is 17.3. The van der Waals surface area contributed by atoms with Crippen LogP contribution in [0.15, 0.2) is 72.8 Å². The van der Waals surface area contributed by atoms with E-state index in [-0.39, 0.29) is 5.91 Å². The Balaban J connectivity index is 1.74. The van der Waals surface area contributed by atoms with Gasteiger partial charge in [0, 0.05) is 15.1 Å². The van der Waals surface area contributed by atoms with Crippen molar-refractivity contribution in [2.45, 2.75) is 31.3 Å². The van der Waals surface area contributed by atoms with Crippen molar-refractivity contribution in [2.75, 3.05) is 11.4 Å². The smallest absolute Gasteiger partial charge is 0.331 e. The molecular formula is C28H24ClIN2O4. The Labute approximate surface area is 228 Å². The van der Waals surface area contributed by atoms with Crippen molar-refractivity contribution < 1.29 is 19.5 Å². The van der Waals surface area contributed by atoms with Gasteiger partial charge < -0.3 is 14.9 Å². The number of carbonyl (C=O) groups is 3. The molecule has 8 heteroatoms. The molecular weight excluding hydrogens is 591 g/mol. The van der Waals surface area contributed by atoms with Gasteiger partial charge >= 0.3 is 5.97 Å². The van der Waals surface area contributed by atoms with Crippen LogP contribution in [0.2, 0.25) is 5.02 Å². The van der Waals surface area contributed by atoms with Crippen LogP contribution in [0.25, 0.3) is 0 Å². The summed E-state index contributed by atoms with van der Waals surface area (Å²) < 4.78 is 0.826. The zero-order chi connectivity index (χ0) is 25.4. The summed E-state index contributed by atoms with van der Waals surface area (Å²) in [6.07, 6.45) is 3.16. The first-order valence-corrected chi connectivity index (χ1v) is 13.3. The minimum atomic E-state index is -1.36. The number of benzene rings is 3. The van der Waals surface area contributed by atoms with Crippen LogP contribution in [-0.4, -0.2) is 34.3 Å². The molecule has 3 aromatic carbocycles. The Kier molecular flexibility index (Phi) is 7.03. The molecule has 1 heterocycles. The summed E-state index contributed by atoms with van der Waals surface area (Å²) in [5, 5.41) is 10.9. The molecule has 5 rings (SSSR count). The SMILES string of the molecule is O=C(O)C(c1ccccc1)N1C(=O)c2cc(I)ccc2N(CC2CCC2)C(=O)C1c1ccc(Cl)cc1. The van der Waals surface area contributed by atoms with Crippen LogP contribution in [0, 0.1) is 9.49 Å². The highest BCUT2D eigenvalue weighted by Crippen LogP contribution is 2.42. The lowest BCUT2D eigenvalue weighted by molar-refractivity contribution is -0.144. The summed E-state index contributed by atoms with van der Waals surface area (Å²) in [6.45, 7) is 0.487. The number of halogens is 2. The molecule has 6 nitrogen and oxygen atoms in total. The quantitative estimate of drug-likeness (QED) is 0.341. The highest BCUT2D eigenvalue weighted by atomic mass is 127. The summed E-state index contributed by atoms with van der Waals surface area (Å²) in [5.74, 6) is -1.68. The lowest BCUT2D eigenvalue weighted by Gasteiger charge is -2.37. The van der Waals surface area contributed by atoms with E-state index >= 15 is 0 Å². The number of carboxylic acids is 1. The van der Waals surface area contributed by atoms with Gasteiger partial charge in [-0.15, -0.1) is 0 Å². The Morgan fingerprint density at radius 2 is 1.72 bits per heavy atom. The number of hydrogen-bond donors (Lipinski definition) is 1. The topological polar surface area (TPSA) is 77.9 Å².